The van der Waals surface area contributed by atoms with Crippen LogP contribution in [-0.2, 0) is 19.1 Å². The normalized spacial score (nSPS) is 20.8. The lowest BCUT2D eigenvalue weighted by Crippen LogP contribution is -2.38. The maximum absolute atomic E-state index is 12.0. The smallest absolute Gasteiger partial charge is 0.334 e. The van der Waals surface area contributed by atoms with E-state index in [0.29, 0.717) is 6.42 Å². The topological polar surface area (TPSA) is 92.7 Å². The molecule has 1 fully saturated rings. The number of amides is 1. The van der Waals surface area contributed by atoms with E-state index in [2.05, 4.69) is 18.8 Å². The molecule has 6 nitrogen and oxygen atoms in total. The van der Waals surface area contributed by atoms with E-state index in [9.17, 15) is 14.4 Å². The Morgan fingerprint density at radius 3 is 2.50 bits per heavy atom. The van der Waals surface area contributed by atoms with E-state index in [4.69, 9.17) is 9.84 Å². The Bertz CT molecular complexity index is 432. The van der Waals surface area contributed by atoms with Crippen molar-refractivity contribution in [3.8, 4) is 0 Å². The molecule has 1 aliphatic heterocycles. The fourth-order valence-corrected chi connectivity index (χ4v) is 2.58. The second-order valence-electron chi connectivity index (χ2n) is 5.61. The Hall–Kier alpha value is -1.85. The first kappa shape index (κ1) is 18.2. The van der Waals surface area contributed by atoms with Crippen molar-refractivity contribution in [3.05, 3.63) is 12.2 Å². The van der Waals surface area contributed by atoms with Crippen molar-refractivity contribution in [2.45, 2.75) is 58.0 Å². The van der Waals surface area contributed by atoms with Crippen LogP contribution in [0.25, 0.3) is 0 Å². The number of hydrogen-bond acceptors (Lipinski definition) is 4. The van der Waals surface area contributed by atoms with Gasteiger partial charge in [-0.1, -0.05) is 45.6 Å². The van der Waals surface area contributed by atoms with Gasteiger partial charge in [-0.3, -0.25) is 9.59 Å². The maximum Gasteiger partial charge on any atom is 0.334 e. The summed E-state index contributed by atoms with van der Waals surface area (Å²) in [5.41, 5.74) is 0.110. The Labute approximate surface area is 130 Å². The zero-order valence-corrected chi connectivity index (χ0v) is 13.1. The third-order valence-electron chi connectivity index (χ3n) is 3.81. The lowest BCUT2D eigenvalue weighted by Gasteiger charge is -2.16. The molecule has 0 aliphatic carbocycles. The van der Waals surface area contributed by atoms with Crippen molar-refractivity contribution in [2.24, 2.45) is 5.92 Å². The molecule has 1 saturated heterocycles. The van der Waals surface area contributed by atoms with Crippen molar-refractivity contribution in [1.29, 1.82) is 0 Å². The van der Waals surface area contributed by atoms with Gasteiger partial charge in [0.05, 0.1) is 0 Å². The third-order valence-corrected chi connectivity index (χ3v) is 3.81. The van der Waals surface area contributed by atoms with Crippen LogP contribution in [0.3, 0.4) is 0 Å². The van der Waals surface area contributed by atoms with E-state index in [1.54, 1.807) is 0 Å². The summed E-state index contributed by atoms with van der Waals surface area (Å²) in [6, 6.07) is 0. The number of hydrogen-bond donors (Lipinski definition) is 2. The number of carboxylic acid groups (broad SMARTS) is 1. The minimum Gasteiger partial charge on any atom is -0.480 e. The summed E-state index contributed by atoms with van der Waals surface area (Å²) < 4.78 is 5.20. The summed E-state index contributed by atoms with van der Waals surface area (Å²) in [7, 11) is 0. The van der Waals surface area contributed by atoms with Crippen molar-refractivity contribution in [3.63, 3.8) is 0 Å². The number of carboxylic acids is 1. The Morgan fingerprint density at radius 2 is 1.86 bits per heavy atom. The number of cyclic esters (lactones) is 1. The number of aliphatic carboxylic acids is 1. The Balaban J connectivity index is 2.45. The van der Waals surface area contributed by atoms with Gasteiger partial charge in [0, 0.05) is 5.57 Å². The van der Waals surface area contributed by atoms with Crippen LogP contribution in [0.4, 0.5) is 0 Å². The first-order valence-electron chi connectivity index (χ1n) is 7.86. The van der Waals surface area contributed by atoms with Gasteiger partial charge in [0.2, 0.25) is 5.91 Å². The molecule has 0 aromatic rings. The molecule has 1 amide bonds. The molecule has 1 rings (SSSR count). The minimum atomic E-state index is -1.13. The number of carbonyl (C=O) groups excluding carboxylic acids is 2. The quantitative estimate of drug-likeness (QED) is 0.366. The second kappa shape index (κ2) is 9.23. The molecule has 0 radical (unpaired) electrons. The van der Waals surface area contributed by atoms with Crippen LogP contribution in [0.2, 0.25) is 0 Å². The largest absolute Gasteiger partial charge is 0.480 e. The van der Waals surface area contributed by atoms with E-state index in [0.717, 1.165) is 19.3 Å². The van der Waals surface area contributed by atoms with E-state index in [1.807, 2.05) is 0 Å². The predicted molar refractivity (Wildman–Crippen MR) is 81.1 cm³/mol. The summed E-state index contributed by atoms with van der Waals surface area (Å²) in [5, 5.41) is 10.9. The molecule has 0 aromatic heterocycles. The highest BCUT2D eigenvalue weighted by Crippen LogP contribution is 2.30. The molecule has 1 unspecified atom stereocenters. The monoisotopic (exact) mass is 311 g/mol. The van der Waals surface area contributed by atoms with Crippen LogP contribution in [-0.4, -0.2) is 35.6 Å². The second-order valence-corrected chi connectivity index (χ2v) is 5.61. The molecule has 124 valence electrons. The van der Waals surface area contributed by atoms with Gasteiger partial charge >= 0.3 is 11.9 Å². The molecule has 1 heterocycles. The van der Waals surface area contributed by atoms with Crippen LogP contribution in [0.15, 0.2) is 12.2 Å². The average Bonchev–Trinajstić information content (AvgIpc) is 2.75. The highest BCUT2D eigenvalue weighted by atomic mass is 16.6. The van der Waals surface area contributed by atoms with E-state index < -0.39 is 36.4 Å². The summed E-state index contributed by atoms with van der Waals surface area (Å²) in [4.78, 5) is 34.1. The van der Waals surface area contributed by atoms with Gasteiger partial charge in [0.15, 0.2) is 0 Å². The summed E-state index contributed by atoms with van der Waals surface area (Å²) in [6.45, 7) is 5.29. The molecule has 2 N–H and O–H groups in total. The van der Waals surface area contributed by atoms with Crippen molar-refractivity contribution < 1.29 is 24.2 Å². The molecule has 2 atom stereocenters. The molecule has 6 heteroatoms. The fraction of sp³-hybridized carbons (Fsp3) is 0.688. The van der Waals surface area contributed by atoms with Crippen molar-refractivity contribution in [2.75, 3.05) is 6.54 Å². The third kappa shape index (κ3) is 5.50. The van der Waals surface area contributed by atoms with Crippen LogP contribution >= 0.6 is 0 Å². The molecule has 0 aromatic carbocycles. The molecular weight excluding hydrogens is 286 g/mol. The van der Waals surface area contributed by atoms with Crippen molar-refractivity contribution in [1.82, 2.24) is 5.32 Å². The van der Waals surface area contributed by atoms with E-state index in [-0.39, 0.29) is 5.57 Å². The van der Waals surface area contributed by atoms with E-state index in [1.165, 1.54) is 19.3 Å². The number of nitrogens with one attached hydrogen (secondary N) is 1. The van der Waals surface area contributed by atoms with Gasteiger partial charge in [-0.2, -0.15) is 0 Å². The number of rotatable bonds is 10. The van der Waals surface area contributed by atoms with Gasteiger partial charge in [0.1, 0.15) is 18.6 Å². The first-order valence-corrected chi connectivity index (χ1v) is 7.86. The zero-order valence-electron chi connectivity index (χ0n) is 13.1. The fourth-order valence-electron chi connectivity index (χ4n) is 2.58. The highest BCUT2D eigenvalue weighted by molar-refractivity contribution is 6.00. The summed E-state index contributed by atoms with van der Waals surface area (Å²) in [5.74, 6) is -2.97. The van der Waals surface area contributed by atoms with Gasteiger partial charge in [-0.25, -0.2) is 4.79 Å². The van der Waals surface area contributed by atoms with Crippen LogP contribution in [0.1, 0.15) is 51.9 Å². The molecule has 1 aliphatic rings. The lowest BCUT2D eigenvalue weighted by atomic mass is 9.92. The van der Waals surface area contributed by atoms with Crippen LogP contribution in [0, 0.1) is 5.92 Å². The summed E-state index contributed by atoms with van der Waals surface area (Å²) >= 11 is 0. The predicted octanol–water partition coefficient (Wildman–Crippen LogP) is 2.04. The van der Waals surface area contributed by atoms with Crippen molar-refractivity contribution >= 4 is 17.8 Å². The average molecular weight is 311 g/mol. The summed E-state index contributed by atoms with van der Waals surface area (Å²) in [6.07, 6.45) is 6.70. The Morgan fingerprint density at radius 1 is 1.23 bits per heavy atom. The Kier molecular flexibility index (Phi) is 7.63. The molecule has 0 spiro atoms. The molecular formula is C16H25NO5. The minimum absolute atomic E-state index is 0.110. The van der Waals surface area contributed by atoms with Gasteiger partial charge in [-0.05, 0) is 12.8 Å². The zero-order chi connectivity index (χ0) is 16.5. The van der Waals surface area contributed by atoms with Gasteiger partial charge in [-0.15, -0.1) is 0 Å². The van der Waals surface area contributed by atoms with Gasteiger partial charge < -0.3 is 15.2 Å². The maximum atomic E-state index is 12.0. The number of esters is 1. The molecule has 0 bridgehead atoms. The lowest BCUT2D eigenvalue weighted by molar-refractivity contribution is -0.141. The highest BCUT2D eigenvalue weighted by Gasteiger charge is 2.42. The van der Waals surface area contributed by atoms with Crippen LogP contribution < -0.4 is 5.32 Å². The standard InChI is InChI=1S/C16H25NO5/c1-3-4-5-6-7-8-9-12-14(11(2)16(21)22-12)15(20)17-10-13(18)19/h12,14H,2-10H2,1H3,(H,17,20)(H,18,19)/t12-,14?/m0/s1. The molecule has 0 saturated carbocycles. The number of unbranched alkanes of at least 4 members (excludes halogenated alkanes) is 5. The number of carbonyl (C=O) groups is 3. The van der Waals surface area contributed by atoms with Crippen LogP contribution in [0.5, 0.6) is 0 Å². The van der Waals surface area contributed by atoms with Gasteiger partial charge in [0.25, 0.3) is 0 Å². The first-order chi connectivity index (χ1) is 10.5. The van der Waals surface area contributed by atoms with E-state index >= 15 is 0 Å². The SMILES string of the molecule is C=C1C(=O)O[C@@H](CCCCCCCC)C1C(=O)NCC(=O)O. The number of ether oxygens (including phenoxy) is 1. The molecule has 22 heavy (non-hydrogen) atoms.